The van der Waals surface area contributed by atoms with E-state index < -0.39 is 0 Å². The summed E-state index contributed by atoms with van der Waals surface area (Å²) in [4.78, 5) is 0. The molecule has 1 unspecified atom stereocenters. The summed E-state index contributed by atoms with van der Waals surface area (Å²) >= 11 is 0. The summed E-state index contributed by atoms with van der Waals surface area (Å²) in [7, 11) is 0. The van der Waals surface area contributed by atoms with Crippen LogP contribution in [-0.4, -0.2) is 10.2 Å². The Labute approximate surface area is 91.5 Å². The molecule has 16 heavy (non-hydrogen) atoms. The molecule has 0 aliphatic heterocycles. The Morgan fingerprint density at radius 3 is 2.56 bits per heavy atom. The highest BCUT2D eigenvalue weighted by Crippen LogP contribution is 2.17. The average Bonchev–Trinajstić information content (AvgIpc) is 2.70. The highest BCUT2D eigenvalue weighted by Gasteiger charge is 2.09. The minimum absolute atomic E-state index is 0.235. The summed E-state index contributed by atoms with van der Waals surface area (Å²) in [6, 6.07) is 5.75. The molecule has 1 aromatic carbocycles. The Kier molecular flexibility index (Phi) is 2.82. The maximum atomic E-state index is 12.6. The van der Waals surface area contributed by atoms with Gasteiger partial charge in [0.2, 0.25) is 5.89 Å². The van der Waals surface area contributed by atoms with Crippen LogP contribution >= 0.6 is 0 Å². The molecular weight excluding hydrogens is 211 g/mol. The van der Waals surface area contributed by atoms with Crippen LogP contribution < -0.4 is 11.1 Å². The fourth-order valence-corrected chi connectivity index (χ4v) is 1.13. The van der Waals surface area contributed by atoms with Gasteiger partial charge in [-0.1, -0.05) is 5.10 Å². The number of anilines is 2. The summed E-state index contributed by atoms with van der Waals surface area (Å²) in [5.74, 6) is 0.0527. The first kappa shape index (κ1) is 10.6. The Hall–Kier alpha value is -1.95. The summed E-state index contributed by atoms with van der Waals surface area (Å²) in [6.45, 7) is 1.75. The van der Waals surface area contributed by atoms with Crippen molar-refractivity contribution in [2.45, 2.75) is 13.0 Å². The zero-order chi connectivity index (χ0) is 11.5. The van der Waals surface area contributed by atoms with E-state index in [1.165, 1.54) is 12.1 Å². The van der Waals surface area contributed by atoms with Crippen molar-refractivity contribution in [1.82, 2.24) is 10.2 Å². The lowest BCUT2D eigenvalue weighted by Gasteiger charge is -2.00. The molecule has 5 nitrogen and oxygen atoms in total. The van der Waals surface area contributed by atoms with E-state index in [1.54, 1.807) is 19.1 Å². The van der Waals surface area contributed by atoms with Gasteiger partial charge in [-0.05, 0) is 31.2 Å². The predicted octanol–water partition coefficient (Wildman–Crippen LogP) is 1.97. The lowest BCUT2D eigenvalue weighted by molar-refractivity contribution is 0.475. The fraction of sp³-hybridized carbons (Fsp3) is 0.200. The van der Waals surface area contributed by atoms with Crippen LogP contribution in [0.4, 0.5) is 16.1 Å². The number of hydrogen-bond acceptors (Lipinski definition) is 5. The number of nitrogens with two attached hydrogens (primary N) is 1. The van der Waals surface area contributed by atoms with Gasteiger partial charge in [0.15, 0.2) is 0 Å². The van der Waals surface area contributed by atoms with Gasteiger partial charge in [-0.15, -0.1) is 5.10 Å². The SMILES string of the molecule is CC(N)c1nnc(Nc2ccc(F)cc2)o1. The van der Waals surface area contributed by atoms with Crippen molar-refractivity contribution in [3.05, 3.63) is 36.0 Å². The first-order chi connectivity index (χ1) is 7.65. The zero-order valence-electron chi connectivity index (χ0n) is 8.64. The molecule has 0 spiro atoms. The van der Waals surface area contributed by atoms with Gasteiger partial charge in [-0.25, -0.2) is 4.39 Å². The average molecular weight is 222 g/mol. The maximum Gasteiger partial charge on any atom is 0.320 e. The van der Waals surface area contributed by atoms with Gasteiger partial charge in [-0.2, -0.15) is 0 Å². The first-order valence-electron chi connectivity index (χ1n) is 4.77. The number of benzene rings is 1. The minimum Gasteiger partial charge on any atom is -0.406 e. The lowest BCUT2D eigenvalue weighted by atomic mass is 10.3. The monoisotopic (exact) mass is 222 g/mol. The number of aromatic nitrogens is 2. The molecule has 0 bridgehead atoms. The highest BCUT2D eigenvalue weighted by molar-refractivity contribution is 5.51. The van der Waals surface area contributed by atoms with Crippen LogP contribution in [-0.2, 0) is 0 Å². The molecule has 0 saturated heterocycles. The lowest BCUT2D eigenvalue weighted by Crippen LogP contribution is -2.04. The molecule has 1 aromatic heterocycles. The van der Waals surface area contributed by atoms with E-state index in [2.05, 4.69) is 15.5 Å². The second-order valence-electron chi connectivity index (χ2n) is 3.37. The molecule has 84 valence electrons. The van der Waals surface area contributed by atoms with E-state index in [1.807, 2.05) is 0 Å². The van der Waals surface area contributed by atoms with E-state index in [4.69, 9.17) is 10.2 Å². The van der Waals surface area contributed by atoms with Gasteiger partial charge < -0.3 is 15.5 Å². The topological polar surface area (TPSA) is 77.0 Å². The highest BCUT2D eigenvalue weighted by atomic mass is 19.1. The van der Waals surface area contributed by atoms with Gasteiger partial charge in [0.05, 0.1) is 6.04 Å². The third kappa shape index (κ3) is 2.34. The van der Waals surface area contributed by atoms with Crippen LogP contribution in [0.15, 0.2) is 28.7 Å². The van der Waals surface area contributed by atoms with E-state index in [-0.39, 0.29) is 17.9 Å². The molecular formula is C10H11FN4O. The number of halogens is 1. The molecule has 2 aromatic rings. The Morgan fingerprint density at radius 1 is 1.31 bits per heavy atom. The molecule has 0 aliphatic carbocycles. The minimum atomic E-state index is -0.309. The second kappa shape index (κ2) is 4.28. The third-order valence-corrected chi connectivity index (χ3v) is 1.93. The van der Waals surface area contributed by atoms with Crippen molar-refractivity contribution in [3.8, 4) is 0 Å². The summed E-state index contributed by atoms with van der Waals surface area (Å²) in [6.07, 6.45) is 0. The van der Waals surface area contributed by atoms with E-state index in [0.717, 1.165) is 0 Å². The molecule has 0 saturated carbocycles. The molecule has 3 N–H and O–H groups in total. The fourth-order valence-electron chi connectivity index (χ4n) is 1.13. The summed E-state index contributed by atoms with van der Waals surface area (Å²) in [5, 5.41) is 10.3. The molecule has 0 amide bonds. The number of nitrogens with one attached hydrogen (secondary N) is 1. The quantitative estimate of drug-likeness (QED) is 0.830. The number of rotatable bonds is 3. The van der Waals surface area contributed by atoms with Gasteiger partial charge in [0.25, 0.3) is 0 Å². The summed E-state index contributed by atoms with van der Waals surface area (Å²) in [5.41, 5.74) is 6.23. The second-order valence-corrected chi connectivity index (χ2v) is 3.37. The van der Waals surface area contributed by atoms with Crippen LogP contribution in [0.5, 0.6) is 0 Å². The number of nitrogens with zero attached hydrogens (tertiary/aromatic N) is 2. The van der Waals surface area contributed by atoms with Gasteiger partial charge >= 0.3 is 6.01 Å². The van der Waals surface area contributed by atoms with Crippen LogP contribution in [0.1, 0.15) is 18.9 Å². The van der Waals surface area contributed by atoms with Crippen molar-refractivity contribution in [3.63, 3.8) is 0 Å². The van der Waals surface area contributed by atoms with Crippen LogP contribution in [0.2, 0.25) is 0 Å². The van der Waals surface area contributed by atoms with Crippen molar-refractivity contribution >= 4 is 11.7 Å². The maximum absolute atomic E-state index is 12.6. The molecule has 0 fully saturated rings. The Balaban J connectivity index is 2.11. The van der Waals surface area contributed by atoms with Crippen LogP contribution in [0.3, 0.4) is 0 Å². The van der Waals surface area contributed by atoms with E-state index in [0.29, 0.717) is 11.6 Å². The molecule has 0 aliphatic rings. The van der Waals surface area contributed by atoms with E-state index in [9.17, 15) is 4.39 Å². The van der Waals surface area contributed by atoms with Crippen molar-refractivity contribution in [2.24, 2.45) is 5.73 Å². The van der Waals surface area contributed by atoms with Crippen LogP contribution in [0, 0.1) is 5.82 Å². The normalized spacial score (nSPS) is 12.4. The standard InChI is InChI=1S/C10H11FN4O/c1-6(12)9-14-15-10(16-9)13-8-4-2-7(11)3-5-8/h2-6H,12H2,1H3,(H,13,15). The molecule has 0 radical (unpaired) electrons. The van der Waals surface area contributed by atoms with E-state index >= 15 is 0 Å². The van der Waals surface area contributed by atoms with Crippen molar-refractivity contribution in [2.75, 3.05) is 5.32 Å². The Bertz CT molecular complexity index is 466. The molecule has 1 heterocycles. The third-order valence-electron chi connectivity index (χ3n) is 1.93. The molecule has 6 heteroatoms. The van der Waals surface area contributed by atoms with Gasteiger partial charge in [-0.3, -0.25) is 0 Å². The van der Waals surface area contributed by atoms with Crippen molar-refractivity contribution < 1.29 is 8.81 Å². The predicted molar refractivity (Wildman–Crippen MR) is 56.6 cm³/mol. The van der Waals surface area contributed by atoms with Gasteiger partial charge in [0.1, 0.15) is 5.82 Å². The van der Waals surface area contributed by atoms with Crippen molar-refractivity contribution in [1.29, 1.82) is 0 Å². The largest absolute Gasteiger partial charge is 0.406 e. The molecule has 1 atom stereocenters. The first-order valence-corrected chi connectivity index (χ1v) is 4.77. The van der Waals surface area contributed by atoms with Gasteiger partial charge in [0, 0.05) is 5.69 Å². The number of hydrogen-bond donors (Lipinski definition) is 2. The zero-order valence-corrected chi connectivity index (χ0v) is 8.64. The Morgan fingerprint density at radius 2 is 2.00 bits per heavy atom. The summed E-state index contributed by atoms with van der Waals surface area (Å²) < 4.78 is 17.9. The van der Waals surface area contributed by atoms with Crippen LogP contribution in [0.25, 0.3) is 0 Å². The molecule has 2 rings (SSSR count). The smallest absolute Gasteiger partial charge is 0.320 e.